The third-order valence-corrected chi connectivity index (χ3v) is 4.87. The van der Waals surface area contributed by atoms with Gasteiger partial charge in [0.2, 0.25) is 5.89 Å². The third kappa shape index (κ3) is 3.80. The fraction of sp³-hybridized carbons (Fsp3) is 0.400. The predicted molar refractivity (Wildman–Crippen MR) is 98.4 cm³/mol. The molecule has 1 fully saturated rings. The Labute approximate surface area is 153 Å². The maximum atomic E-state index is 5.96. The van der Waals surface area contributed by atoms with E-state index in [-0.39, 0.29) is 6.04 Å². The smallest absolute Gasteiger partial charge is 0.267 e. The van der Waals surface area contributed by atoms with E-state index in [1.165, 1.54) is 18.4 Å². The second-order valence-corrected chi connectivity index (χ2v) is 6.77. The SMILES string of the molecule is Cc1cnc(-c2nnc(C3CCCCN3CCc3ccccc3)o2)cn1. The summed E-state index contributed by atoms with van der Waals surface area (Å²) in [6.07, 6.45) is 7.88. The fourth-order valence-corrected chi connectivity index (χ4v) is 3.43. The number of benzene rings is 1. The molecule has 0 N–H and O–H groups in total. The molecule has 3 aromatic rings. The molecule has 0 spiro atoms. The molecule has 6 nitrogen and oxygen atoms in total. The van der Waals surface area contributed by atoms with Gasteiger partial charge in [-0.1, -0.05) is 36.8 Å². The van der Waals surface area contributed by atoms with Gasteiger partial charge in [0.15, 0.2) is 0 Å². The average Bonchev–Trinajstić information content (AvgIpc) is 3.18. The average molecular weight is 349 g/mol. The molecule has 1 unspecified atom stereocenters. The van der Waals surface area contributed by atoms with E-state index in [2.05, 4.69) is 55.4 Å². The number of likely N-dealkylation sites (tertiary alicyclic amines) is 1. The number of aryl methyl sites for hydroxylation is 1. The van der Waals surface area contributed by atoms with E-state index in [4.69, 9.17) is 4.42 Å². The minimum absolute atomic E-state index is 0.187. The van der Waals surface area contributed by atoms with Gasteiger partial charge in [0, 0.05) is 12.7 Å². The van der Waals surface area contributed by atoms with Crippen LogP contribution in [0.25, 0.3) is 11.6 Å². The highest BCUT2D eigenvalue weighted by atomic mass is 16.4. The quantitative estimate of drug-likeness (QED) is 0.701. The van der Waals surface area contributed by atoms with Crippen molar-refractivity contribution in [2.24, 2.45) is 0 Å². The summed E-state index contributed by atoms with van der Waals surface area (Å²) in [6.45, 7) is 3.97. The van der Waals surface area contributed by atoms with Crippen molar-refractivity contribution in [3.63, 3.8) is 0 Å². The van der Waals surface area contributed by atoms with Crippen molar-refractivity contribution >= 4 is 0 Å². The molecule has 3 heterocycles. The van der Waals surface area contributed by atoms with Crippen LogP contribution in [0, 0.1) is 6.92 Å². The first-order chi connectivity index (χ1) is 12.8. The molecule has 6 heteroatoms. The molecule has 1 aliphatic rings. The van der Waals surface area contributed by atoms with Crippen LogP contribution in [0.1, 0.15) is 42.5 Å². The maximum Gasteiger partial charge on any atom is 0.267 e. The number of nitrogens with zero attached hydrogens (tertiary/aromatic N) is 5. The van der Waals surface area contributed by atoms with Crippen LogP contribution in [-0.4, -0.2) is 38.2 Å². The molecule has 2 aromatic heterocycles. The van der Waals surface area contributed by atoms with E-state index in [1.807, 2.05) is 6.92 Å². The zero-order valence-corrected chi connectivity index (χ0v) is 15.0. The first-order valence-electron chi connectivity index (χ1n) is 9.20. The van der Waals surface area contributed by atoms with E-state index in [0.29, 0.717) is 17.5 Å². The van der Waals surface area contributed by atoms with Crippen LogP contribution in [0.5, 0.6) is 0 Å². The van der Waals surface area contributed by atoms with Gasteiger partial charge in [0.05, 0.1) is 17.9 Å². The van der Waals surface area contributed by atoms with Crippen molar-refractivity contribution in [3.05, 3.63) is 59.9 Å². The molecule has 0 bridgehead atoms. The Morgan fingerprint density at radius 1 is 1.08 bits per heavy atom. The molecule has 1 atom stereocenters. The summed E-state index contributed by atoms with van der Waals surface area (Å²) < 4.78 is 5.96. The topological polar surface area (TPSA) is 67.9 Å². The number of piperidine rings is 1. The molecule has 0 amide bonds. The van der Waals surface area contributed by atoms with E-state index in [9.17, 15) is 0 Å². The summed E-state index contributed by atoms with van der Waals surface area (Å²) in [5.41, 5.74) is 2.85. The molecule has 1 aromatic carbocycles. The van der Waals surface area contributed by atoms with Crippen LogP contribution in [-0.2, 0) is 6.42 Å². The Hall–Kier alpha value is -2.60. The first kappa shape index (κ1) is 16.8. The van der Waals surface area contributed by atoms with Crippen LogP contribution in [0.15, 0.2) is 47.1 Å². The molecule has 4 rings (SSSR count). The highest BCUT2D eigenvalue weighted by molar-refractivity contribution is 5.43. The summed E-state index contributed by atoms with van der Waals surface area (Å²) in [6, 6.07) is 10.8. The van der Waals surface area contributed by atoms with Gasteiger partial charge in [-0.05, 0) is 38.3 Å². The number of hydrogen-bond donors (Lipinski definition) is 0. The monoisotopic (exact) mass is 349 g/mol. The Balaban J connectivity index is 1.48. The second kappa shape index (κ2) is 7.74. The fourth-order valence-electron chi connectivity index (χ4n) is 3.43. The number of rotatable bonds is 5. The maximum absolute atomic E-state index is 5.96. The molecule has 0 radical (unpaired) electrons. The van der Waals surface area contributed by atoms with Crippen molar-refractivity contribution in [2.45, 2.75) is 38.6 Å². The second-order valence-electron chi connectivity index (χ2n) is 6.77. The molecular formula is C20H23N5O. The van der Waals surface area contributed by atoms with E-state index in [0.717, 1.165) is 31.6 Å². The lowest BCUT2D eigenvalue weighted by atomic mass is 10.0. The lowest BCUT2D eigenvalue weighted by molar-refractivity contribution is 0.127. The molecule has 0 saturated carbocycles. The summed E-state index contributed by atoms with van der Waals surface area (Å²) in [4.78, 5) is 11.1. The molecule has 134 valence electrons. The van der Waals surface area contributed by atoms with Crippen molar-refractivity contribution in [3.8, 4) is 11.6 Å². The normalized spacial score (nSPS) is 18.1. The van der Waals surface area contributed by atoms with Gasteiger partial charge in [-0.2, -0.15) is 0 Å². The van der Waals surface area contributed by atoms with Crippen molar-refractivity contribution in [1.29, 1.82) is 0 Å². The summed E-state index contributed by atoms with van der Waals surface area (Å²) in [5.74, 6) is 1.14. The molecule has 26 heavy (non-hydrogen) atoms. The van der Waals surface area contributed by atoms with Crippen LogP contribution in [0.4, 0.5) is 0 Å². The first-order valence-corrected chi connectivity index (χ1v) is 9.20. The minimum Gasteiger partial charge on any atom is -0.417 e. The lowest BCUT2D eigenvalue weighted by Gasteiger charge is -2.33. The minimum atomic E-state index is 0.187. The van der Waals surface area contributed by atoms with Gasteiger partial charge >= 0.3 is 0 Å². The van der Waals surface area contributed by atoms with Crippen molar-refractivity contribution in [1.82, 2.24) is 25.1 Å². The largest absolute Gasteiger partial charge is 0.417 e. The Kier molecular flexibility index (Phi) is 5.02. The van der Waals surface area contributed by atoms with Gasteiger partial charge < -0.3 is 4.42 Å². The van der Waals surface area contributed by atoms with Crippen LogP contribution >= 0.6 is 0 Å². The summed E-state index contributed by atoms with van der Waals surface area (Å²) in [7, 11) is 0. The Morgan fingerprint density at radius 2 is 1.96 bits per heavy atom. The van der Waals surface area contributed by atoms with Gasteiger partial charge in [-0.3, -0.25) is 9.88 Å². The zero-order valence-electron chi connectivity index (χ0n) is 15.0. The Morgan fingerprint density at radius 3 is 2.77 bits per heavy atom. The number of aromatic nitrogens is 4. The van der Waals surface area contributed by atoms with Gasteiger partial charge in [-0.25, -0.2) is 4.98 Å². The van der Waals surface area contributed by atoms with Gasteiger partial charge in [0.1, 0.15) is 5.69 Å². The standard InChI is InChI=1S/C20H23N5O/c1-15-13-22-17(14-21-15)19-23-24-20(26-19)18-9-5-6-11-25(18)12-10-16-7-3-2-4-8-16/h2-4,7-8,13-14,18H,5-6,9-12H2,1H3. The lowest BCUT2D eigenvalue weighted by Crippen LogP contribution is -2.35. The summed E-state index contributed by atoms with van der Waals surface area (Å²) >= 11 is 0. The van der Waals surface area contributed by atoms with E-state index < -0.39 is 0 Å². The molecule has 0 aliphatic carbocycles. The highest BCUT2D eigenvalue weighted by Gasteiger charge is 2.28. The molecular weight excluding hydrogens is 326 g/mol. The highest BCUT2D eigenvalue weighted by Crippen LogP contribution is 2.31. The molecule has 1 saturated heterocycles. The van der Waals surface area contributed by atoms with Crippen LogP contribution in [0.2, 0.25) is 0 Å². The van der Waals surface area contributed by atoms with Crippen molar-refractivity contribution in [2.75, 3.05) is 13.1 Å². The predicted octanol–water partition coefficient (Wildman–Crippen LogP) is 3.60. The van der Waals surface area contributed by atoms with Crippen LogP contribution < -0.4 is 0 Å². The number of hydrogen-bond acceptors (Lipinski definition) is 6. The van der Waals surface area contributed by atoms with Gasteiger partial charge in [0.25, 0.3) is 5.89 Å². The van der Waals surface area contributed by atoms with Gasteiger partial charge in [-0.15, -0.1) is 10.2 Å². The van der Waals surface area contributed by atoms with E-state index in [1.54, 1.807) is 12.4 Å². The van der Waals surface area contributed by atoms with Crippen LogP contribution in [0.3, 0.4) is 0 Å². The zero-order chi connectivity index (χ0) is 17.8. The third-order valence-electron chi connectivity index (χ3n) is 4.87. The summed E-state index contributed by atoms with van der Waals surface area (Å²) in [5, 5.41) is 8.52. The molecule has 1 aliphatic heterocycles. The van der Waals surface area contributed by atoms with Crippen molar-refractivity contribution < 1.29 is 4.42 Å². The Bertz CT molecular complexity index is 831. The van der Waals surface area contributed by atoms with E-state index >= 15 is 0 Å².